The predicted molar refractivity (Wildman–Crippen MR) is 70.4 cm³/mol. The van der Waals surface area contributed by atoms with E-state index in [-0.39, 0.29) is 0 Å². The average Bonchev–Trinajstić information content (AvgIpc) is 2.23. The van der Waals surface area contributed by atoms with Gasteiger partial charge in [0.15, 0.2) is 0 Å². The fourth-order valence-electron chi connectivity index (χ4n) is 1.77. The number of nitrogens with one attached hydrogen (secondary N) is 1. The zero-order chi connectivity index (χ0) is 12.4. The van der Waals surface area contributed by atoms with E-state index in [1.54, 1.807) is 0 Å². The van der Waals surface area contributed by atoms with Gasteiger partial charge in [0, 0.05) is 11.3 Å². The Labute approximate surface area is 101 Å². The lowest BCUT2D eigenvalue weighted by molar-refractivity contribution is 1.14. The highest BCUT2D eigenvalue weighted by molar-refractivity contribution is 5.64. The highest BCUT2D eigenvalue weighted by Crippen LogP contribution is 2.22. The minimum absolute atomic E-state index is 0.506. The molecule has 0 bridgehead atoms. The number of anilines is 3. The molecule has 0 unspecified atom stereocenters. The van der Waals surface area contributed by atoms with E-state index in [2.05, 4.69) is 47.3 Å². The molecule has 0 spiro atoms. The van der Waals surface area contributed by atoms with Crippen LogP contribution in [0.5, 0.6) is 0 Å². The fraction of sp³-hybridized carbons (Fsp3) is 0.231. The number of nitrogen functional groups attached to an aromatic ring is 1. The van der Waals surface area contributed by atoms with Crippen molar-refractivity contribution in [2.24, 2.45) is 0 Å². The molecular formula is C13H16N4. The van der Waals surface area contributed by atoms with Gasteiger partial charge in [0.1, 0.15) is 18.0 Å². The van der Waals surface area contributed by atoms with Crippen molar-refractivity contribution in [2.75, 3.05) is 11.1 Å². The van der Waals surface area contributed by atoms with Crippen LogP contribution in [-0.4, -0.2) is 9.97 Å². The molecule has 2 rings (SSSR count). The molecule has 1 aromatic heterocycles. The van der Waals surface area contributed by atoms with E-state index in [1.807, 2.05) is 6.92 Å². The van der Waals surface area contributed by atoms with Crippen molar-refractivity contribution in [3.63, 3.8) is 0 Å². The molecule has 0 radical (unpaired) electrons. The Morgan fingerprint density at radius 2 is 1.65 bits per heavy atom. The summed E-state index contributed by atoms with van der Waals surface area (Å²) in [5, 5.41) is 3.26. The molecule has 4 nitrogen and oxygen atoms in total. The summed E-state index contributed by atoms with van der Waals surface area (Å²) in [6.07, 6.45) is 1.47. The molecule has 0 aliphatic heterocycles. The molecule has 0 aliphatic rings. The Hall–Kier alpha value is -2.10. The molecule has 3 N–H and O–H groups in total. The zero-order valence-electron chi connectivity index (χ0n) is 10.3. The van der Waals surface area contributed by atoms with Crippen LogP contribution in [0.2, 0.25) is 0 Å². The molecule has 0 saturated carbocycles. The van der Waals surface area contributed by atoms with Gasteiger partial charge in [0.05, 0.1) is 0 Å². The lowest BCUT2D eigenvalue weighted by Crippen LogP contribution is -2.02. The molecule has 0 saturated heterocycles. The number of nitrogens with zero attached hydrogens (tertiary/aromatic N) is 2. The predicted octanol–water partition coefficient (Wildman–Crippen LogP) is 2.73. The maximum Gasteiger partial charge on any atom is 0.138 e. The molecule has 88 valence electrons. The first-order chi connectivity index (χ1) is 8.06. The molecule has 1 aromatic carbocycles. The van der Waals surface area contributed by atoms with Crippen molar-refractivity contribution in [2.45, 2.75) is 20.8 Å². The molecule has 4 heteroatoms. The van der Waals surface area contributed by atoms with Gasteiger partial charge in [-0.2, -0.15) is 0 Å². The van der Waals surface area contributed by atoms with Crippen molar-refractivity contribution >= 4 is 17.3 Å². The topological polar surface area (TPSA) is 63.8 Å². The summed E-state index contributed by atoms with van der Waals surface area (Å²) in [5.41, 5.74) is 10.1. The molecule has 0 amide bonds. The third-order valence-electron chi connectivity index (χ3n) is 2.61. The molecule has 0 aliphatic carbocycles. The van der Waals surface area contributed by atoms with Crippen LogP contribution in [-0.2, 0) is 0 Å². The summed E-state index contributed by atoms with van der Waals surface area (Å²) in [6.45, 7) is 6.04. The summed E-state index contributed by atoms with van der Waals surface area (Å²) in [7, 11) is 0. The second kappa shape index (κ2) is 4.41. The van der Waals surface area contributed by atoms with Crippen LogP contribution >= 0.6 is 0 Å². The second-order valence-corrected chi connectivity index (χ2v) is 4.23. The van der Waals surface area contributed by atoms with E-state index in [4.69, 9.17) is 5.73 Å². The van der Waals surface area contributed by atoms with Crippen LogP contribution in [0, 0.1) is 20.8 Å². The Bertz CT molecular complexity index is 529. The van der Waals surface area contributed by atoms with E-state index in [1.165, 1.54) is 17.5 Å². The Morgan fingerprint density at radius 1 is 1.00 bits per heavy atom. The highest BCUT2D eigenvalue weighted by Gasteiger charge is 2.04. The van der Waals surface area contributed by atoms with E-state index in [0.29, 0.717) is 5.82 Å². The number of hydrogen-bond acceptors (Lipinski definition) is 4. The van der Waals surface area contributed by atoms with Crippen molar-refractivity contribution in [3.8, 4) is 0 Å². The summed E-state index contributed by atoms with van der Waals surface area (Å²) in [4.78, 5) is 8.13. The van der Waals surface area contributed by atoms with E-state index in [0.717, 1.165) is 17.1 Å². The highest BCUT2D eigenvalue weighted by atomic mass is 15.0. The number of aryl methyl sites for hydroxylation is 2. The van der Waals surface area contributed by atoms with Crippen molar-refractivity contribution in [1.29, 1.82) is 0 Å². The lowest BCUT2D eigenvalue weighted by Gasteiger charge is -2.10. The van der Waals surface area contributed by atoms with Crippen molar-refractivity contribution in [1.82, 2.24) is 9.97 Å². The molecule has 17 heavy (non-hydrogen) atoms. The maximum absolute atomic E-state index is 5.74. The average molecular weight is 228 g/mol. The molecular weight excluding hydrogens is 212 g/mol. The number of benzene rings is 1. The quantitative estimate of drug-likeness (QED) is 0.829. The molecule has 0 atom stereocenters. The van der Waals surface area contributed by atoms with Gasteiger partial charge < -0.3 is 11.1 Å². The van der Waals surface area contributed by atoms with Gasteiger partial charge in [0.2, 0.25) is 0 Å². The first-order valence-electron chi connectivity index (χ1n) is 5.48. The van der Waals surface area contributed by atoms with Gasteiger partial charge >= 0.3 is 0 Å². The van der Waals surface area contributed by atoms with Crippen LogP contribution in [0.1, 0.15) is 16.7 Å². The van der Waals surface area contributed by atoms with Crippen LogP contribution in [0.25, 0.3) is 0 Å². The van der Waals surface area contributed by atoms with Gasteiger partial charge in [0.25, 0.3) is 0 Å². The normalized spacial score (nSPS) is 10.3. The number of nitrogens with two attached hydrogens (primary N) is 1. The van der Waals surface area contributed by atoms with Crippen molar-refractivity contribution in [3.05, 3.63) is 41.2 Å². The fourth-order valence-corrected chi connectivity index (χ4v) is 1.77. The van der Waals surface area contributed by atoms with E-state index < -0.39 is 0 Å². The monoisotopic (exact) mass is 228 g/mol. The smallest absolute Gasteiger partial charge is 0.138 e. The summed E-state index contributed by atoms with van der Waals surface area (Å²) < 4.78 is 0. The first-order valence-corrected chi connectivity index (χ1v) is 5.48. The second-order valence-electron chi connectivity index (χ2n) is 4.23. The first kappa shape index (κ1) is 11.4. The zero-order valence-corrected chi connectivity index (χ0v) is 10.3. The third kappa shape index (κ3) is 2.53. The number of hydrogen-bond donors (Lipinski definition) is 2. The largest absolute Gasteiger partial charge is 0.383 e. The van der Waals surface area contributed by atoms with Crippen LogP contribution in [0.15, 0.2) is 24.5 Å². The minimum atomic E-state index is 0.506. The van der Waals surface area contributed by atoms with Gasteiger partial charge in [-0.15, -0.1) is 0 Å². The summed E-state index contributed by atoms with van der Waals surface area (Å²) in [6, 6.07) is 6.28. The van der Waals surface area contributed by atoms with Crippen LogP contribution in [0.4, 0.5) is 17.3 Å². The van der Waals surface area contributed by atoms with E-state index in [9.17, 15) is 0 Å². The van der Waals surface area contributed by atoms with Crippen molar-refractivity contribution < 1.29 is 0 Å². The van der Waals surface area contributed by atoms with Crippen LogP contribution in [0.3, 0.4) is 0 Å². The van der Waals surface area contributed by atoms with Gasteiger partial charge in [-0.05, 0) is 44.0 Å². The summed E-state index contributed by atoms with van der Waals surface area (Å²) >= 11 is 0. The Balaban J connectivity index is 2.34. The molecule has 0 fully saturated rings. The number of rotatable bonds is 2. The standard InChI is InChI=1S/C13H16N4/c1-8-4-9(2)6-11(5-8)17-13-10(3)12(14)15-7-16-13/h4-7H,1-3H3,(H3,14,15,16,17). The maximum atomic E-state index is 5.74. The van der Waals surface area contributed by atoms with E-state index >= 15 is 0 Å². The van der Waals surface area contributed by atoms with Gasteiger partial charge in [-0.25, -0.2) is 9.97 Å². The van der Waals surface area contributed by atoms with Gasteiger partial charge in [-0.1, -0.05) is 6.07 Å². The molecule has 1 heterocycles. The van der Waals surface area contributed by atoms with Crippen LogP contribution < -0.4 is 11.1 Å². The molecule has 2 aromatic rings. The Morgan fingerprint density at radius 3 is 2.29 bits per heavy atom. The number of aromatic nitrogens is 2. The lowest BCUT2D eigenvalue weighted by atomic mass is 10.1. The minimum Gasteiger partial charge on any atom is -0.383 e. The Kier molecular flexibility index (Phi) is 2.95. The third-order valence-corrected chi connectivity index (χ3v) is 2.61. The summed E-state index contributed by atoms with van der Waals surface area (Å²) in [5.74, 6) is 1.26. The SMILES string of the molecule is Cc1cc(C)cc(Nc2ncnc(N)c2C)c1. The van der Waals surface area contributed by atoms with Gasteiger partial charge in [-0.3, -0.25) is 0 Å².